The molecule has 0 bridgehead atoms. The SMILES string of the molecule is CCC(CNC)c1csc(-c2cc[nH]c2)n1. The summed E-state index contributed by atoms with van der Waals surface area (Å²) in [6.07, 6.45) is 5.04. The molecule has 4 heteroatoms. The van der Waals surface area contributed by atoms with Crippen molar-refractivity contribution in [2.24, 2.45) is 0 Å². The van der Waals surface area contributed by atoms with E-state index in [0.717, 1.165) is 18.0 Å². The lowest BCUT2D eigenvalue weighted by atomic mass is 10.0. The molecule has 0 aliphatic heterocycles. The first-order chi connectivity index (χ1) is 7.85. The molecule has 0 aliphatic rings. The molecular weight excluding hydrogens is 218 g/mol. The van der Waals surface area contributed by atoms with Crippen molar-refractivity contribution in [1.82, 2.24) is 15.3 Å². The molecule has 0 fully saturated rings. The summed E-state index contributed by atoms with van der Waals surface area (Å²) in [6, 6.07) is 2.06. The zero-order chi connectivity index (χ0) is 11.4. The molecule has 0 spiro atoms. The summed E-state index contributed by atoms with van der Waals surface area (Å²) in [5.74, 6) is 0.522. The summed E-state index contributed by atoms with van der Waals surface area (Å²) in [5.41, 5.74) is 2.38. The molecule has 2 N–H and O–H groups in total. The maximum atomic E-state index is 4.70. The predicted molar refractivity (Wildman–Crippen MR) is 68.9 cm³/mol. The molecule has 2 aromatic rings. The normalized spacial score (nSPS) is 12.9. The molecule has 86 valence electrons. The van der Waals surface area contributed by atoms with Gasteiger partial charge in [-0.05, 0) is 19.5 Å². The summed E-state index contributed by atoms with van der Waals surface area (Å²) < 4.78 is 0. The number of H-pyrrole nitrogens is 1. The van der Waals surface area contributed by atoms with Gasteiger partial charge in [0.25, 0.3) is 0 Å². The molecule has 3 nitrogen and oxygen atoms in total. The number of likely N-dealkylation sites (N-methyl/N-ethyl adjacent to an activating group) is 1. The van der Waals surface area contributed by atoms with Crippen LogP contribution in [0.2, 0.25) is 0 Å². The zero-order valence-corrected chi connectivity index (χ0v) is 10.5. The predicted octanol–water partition coefficient (Wildman–Crippen LogP) is 2.85. The van der Waals surface area contributed by atoms with E-state index < -0.39 is 0 Å². The molecule has 1 unspecified atom stereocenters. The van der Waals surface area contributed by atoms with E-state index in [1.165, 1.54) is 11.3 Å². The van der Waals surface area contributed by atoms with Crippen LogP contribution in [0.4, 0.5) is 0 Å². The molecule has 0 saturated heterocycles. The summed E-state index contributed by atoms with van der Waals surface area (Å²) in [7, 11) is 1.99. The van der Waals surface area contributed by atoms with Crippen LogP contribution in [-0.4, -0.2) is 23.6 Å². The molecule has 0 radical (unpaired) electrons. The first-order valence-electron chi connectivity index (χ1n) is 5.58. The maximum absolute atomic E-state index is 4.70. The third-order valence-corrected chi connectivity index (χ3v) is 3.64. The van der Waals surface area contributed by atoms with Crippen LogP contribution in [0.25, 0.3) is 10.6 Å². The minimum Gasteiger partial charge on any atom is -0.367 e. The van der Waals surface area contributed by atoms with Gasteiger partial charge in [0.2, 0.25) is 0 Å². The van der Waals surface area contributed by atoms with Crippen LogP contribution in [0.5, 0.6) is 0 Å². The van der Waals surface area contributed by atoms with Gasteiger partial charge in [0.1, 0.15) is 5.01 Å². The van der Waals surface area contributed by atoms with Gasteiger partial charge in [-0.15, -0.1) is 11.3 Å². The fraction of sp³-hybridized carbons (Fsp3) is 0.417. The highest BCUT2D eigenvalue weighted by Gasteiger charge is 2.13. The number of hydrogen-bond donors (Lipinski definition) is 2. The molecular formula is C12H17N3S. The van der Waals surface area contributed by atoms with Crippen molar-refractivity contribution < 1.29 is 0 Å². The fourth-order valence-electron chi connectivity index (χ4n) is 1.77. The van der Waals surface area contributed by atoms with E-state index in [1.807, 2.05) is 19.4 Å². The summed E-state index contributed by atoms with van der Waals surface area (Å²) in [6.45, 7) is 3.20. The molecule has 16 heavy (non-hydrogen) atoms. The third kappa shape index (κ3) is 2.33. The van der Waals surface area contributed by atoms with Crippen LogP contribution < -0.4 is 5.32 Å². The van der Waals surface area contributed by atoms with Crippen LogP contribution in [0.1, 0.15) is 25.0 Å². The Kier molecular flexibility index (Phi) is 3.74. The van der Waals surface area contributed by atoms with Gasteiger partial charge in [0.05, 0.1) is 5.69 Å². The second kappa shape index (κ2) is 5.27. The molecule has 0 saturated carbocycles. The topological polar surface area (TPSA) is 40.7 Å². The summed E-state index contributed by atoms with van der Waals surface area (Å²) in [5, 5.41) is 6.50. The molecule has 1 atom stereocenters. The molecule has 2 heterocycles. The minimum atomic E-state index is 0.522. The van der Waals surface area contributed by atoms with E-state index in [0.29, 0.717) is 5.92 Å². The Morgan fingerprint density at radius 1 is 1.56 bits per heavy atom. The lowest BCUT2D eigenvalue weighted by molar-refractivity contribution is 0.600. The van der Waals surface area contributed by atoms with E-state index in [9.17, 15) is 0 Å². The van der Waals surface area contributed by atoms with E-state index in [1.54, 1.807) is 11.3 Å². The van der Waals surface area contributed by atoms with Crippen molar-refractivity contribution >= 4 is 11.3 Å². The number of rotatable bonds is 5. The van der Waals surface area contributed by atoms with Crippen molar-refractivity contribution in [1.29, 1.82) is 0 Å². The van der Waals surface area contributed by atoms with Crippen molar-refractivity contribution in [2.75, 3.05) is 13.6 Å². The third-order valence-electron chi connectivity index (χ3n) is 2.73. The smallest absolute Gasteiger partial charge is 0.125 e. The molecule has 0 aliphatic carbocycles. The Hall–Kier alpha value is -1.13. The van der Waals surface area contributed by atoms with E-state index >= 15 is 0 Å². The quantitative estimate of drug-likeness (QED) is 0.836. The zero-order valence-electron chi connectivity index (χ0n) is 9.66. The van der Waals surface area contributed by atoms with Crippen LogP contribution in [0.3, 0.4) is 0 Å². The minimum absolute atomic E-state index is 0.522. The van der Waals surface area contributed by atoms with Crippen LogP contribution >= 0.6 is 11.3 Å². The van der Waals surface area contributed by atoms with Crippen molar-refractivity contribution in [2.45, 2.75) is 19.3 Å². The summed E-state index contributed by atoms with van der Waals surface area (Å²) in [4.78, 5) is 7.76. The van der Waals surface area contributed by atoms with E-state index in [4.69, 9.17) is 4.98 Å². The number of nitrogens with zero attached hydrogens (tertiary/aromatic N) is 1. The van der Waals surface area contributed by atoms with Gasteiger partial charge in [-0.1, -0.05) is 6.92 Å². The lowest BCUT2D eigenvalue weighted by Crippen LogP contribution is -2.16. The molecule has 2 rings (SSSR count). The highest BCUT2D eigenvalue weighted by Crippen LogP contribution is 2.27. The Bertz CT molecular complexity index is 419. The fourth-order valence-corrected chi connectivity index (χ4v) is 2.67. The molecule has 0 amide bonds. The van der Waals surface area contributed by atoms with Gasteiger partial charge in [-0.3, -0.25) is 0 Å². The lowest BCUT2D eigenvalue weighted by Gasteiger charge is -2.10. The highest BCUT2D eigenvalue weighted by atomic mass is 32.1. The Balaban J connectivity index is 2.18. The molecule has 0 aromatic carbocycles. The number of aromatic nitrogens is 2. The average Bonchev–Trinajstić information content (AvgIpc) is 2.95. The first-order valence-corrected chi connectivity index (χ1v) is 6.46. The highest BCUT2D eigenvalue weighted by molar-refractivity contribution is 7.13. The first kappa shape index (κ1) is 11.4. The Labute approximate surface area is 99.9 Å². The largest absolute Gasteiger partial charge is 0.367 e. The van der Waals surface area contributed by atoms with Gasteiger partial charge >= 0.3 is 0 Å². The van der Waals surface area contributed by atoms with Gasteiger partial charge < -0.3 is 10.3 Å². The monoisotopic (exact) mass is 235 g/mol. The number of hydrogen-bond acceptors (Lipinski definition) is 3. The number of thiazole rings is 1. The second-order valence-electron chi connectivity index (χ2n) is 3.84. The average molecular weight is 235 g/mol. The van der Waals surface area contributed by atoms with Crippen LogP contribution in [0.15, 0.2) is 23.8 Å². The second-order valence-corrected chi connectivity index (χ2v) is 4.70. The van der Waals surface area contributed by atoms with Crippen molar-refractivity contribution in [3.05, 3.63) is 29.5 Å². The van der Waals surface area contributed by atoms with Crippen molar-refractivity contribution in [3.8, 4) is 10.6 Å². The molecule has 2 aromatic heterocycles. The van der Waals surface area contributed by atoms with Crippen molar-refractivity contribution in [3.63, 3.8) is 0 Å². The van der Waals surface area contributed by atoms with Gasteiger partial charge in [0, 0.05) is 35.8 Å². The van der Waals surface area contributed by atoms with Crippen LogP contribution in [-0.2, 0) is 0 Å². The standard InChI is InChI=1S/C12H17N3S/c1-3-9(6-13-2)11-8-16-12(15-11)10-4-5-14-7-10/h4-5,7-9,13-14H,3,6H2,1-2H3. The van der Waals surface area contributed by atoms with Gasteiger partial charge in [-0.2, -0.15) is 0 Å². The van der Waals surface area contributed by atoms with Gasteiger partial charge in [0.15, 0.2) is 0 Å². The van der Waals surface area contributed by atoms with Gasteiger partial charge in [-0.25, -0.2) is 4.98 Å². The Morgan fingerprint density at radius 2 is 2.44 bits per heavy atom. The van der Waals surface area contributed by atoms with E-state index in [-0.39, 0.29) is 0 Å². The summed E-state index contributed by atoms with van der Waals surface area (Å²) >= 11 is 1.72. The number of aromatic amines is 1. The maximum Gasteiger partial charge on any atom is 0.125 e. The van der Waals surface area contributed by atoms with E-state index in [2.05, 4.69) is 28.7 Å². The Morgan fingerprint density at radius 3 is 3.06 bits per heavy atom. The number of nitrogens with one attached hydrogen (secondary N) is 2. The van der Waals surface area contributed by atoms with Crippen LogP contribution in [0, 0.1) is 0 Å².